The van der Waals surface area contributed by atoms with Crippen molar-refractivity contribution >= 4 is 28.0 Å². The molecule has 0 radical (unpaired) electrons. The quantitative estimate of drug-likeness (QED) is 0.268. The first-order valence-electron chi connectivity index (χ1n) is 11.1. The number of non-ortho nitro benzene ring substituents is 1. The highest BCUT2D eigenvalue weighted by Crippen LogP contribution is 2.30. The lowest BCUT2D eigenvalue weighted by Crippen LogP contribution is -2.33. The van der Waals surface area contributed by atoms with Gasteiger partial charge in [-0.1, -0.05) is 25.9 Å². The summed E-state index contributed by atoms with van der Waals surface area (Å²) in [7, 11) is -0.950. The smallest absolute Gasteiger partial charge is 0.269 e. The Morgan fingerprint density at radius 2 is 1.97 bits per heavy atom. The van der Waals surface area contributed by atoms with Crippen LogP contribution in [0.15, 0.2) is 41.3 Å². The van der Waals surface area contributed by atoms with Crippen molar-refractivity contribution in [3.8, 4) is 5.75 Å². The highest BCUT2D eigenvalue weighted by molar-refractivity contribution is 7.85. The van der Waals surface area contributed by atoms with Crippen molar-refractivity contribution in [2.75, 3.05) is 12.4 Å². The van der Waals surface area contributed by atoms with Gasteiger partial charge in [-0.2, -0.15) is 0 Å². The van der Waals surface area contributed by atoms with Crippen molar-refractivity contribution in [2.24, 2.45) is 17.0 Å². The van der Waals surface area contributed by atoms with Crippen LogP contribution >= 0.6 is 0 Å². The number of benzene rings is 1. The van der Waals surface area contributed by atoms with Crippen LogP contribution in [0.25, 0.3) is 0 Å². The molecule has 0 aromatic heterocycles. The van der Waals surface area contributed by atoms with Crippen molar-refractivity contribution in [3.63, 3.8) is 0 Å². The largest absolute Gasteiger partial charge is 0.511 e. The number of aliphatic hydroxyl groups is 1. The van der Waals surface area contributed by atoms with Crippen LogP contribution in [0.2, 0.25) is 0 Å². The highest BCUT2D eigenvalue weighted by Gasteiger charge is 2.34. The Hall–Kier alpha value is -2.75. The predicted molar refractivity (Wildman–Crippen MR) is 127 cm³/mol. The Bertz CT molecular complexity index is 914. The first-order valence-corrected chi connectivity index (χ1v) is 12.4. The summed E-state index contributed by atoms with van der Waals surface area (Å²) in [6.45, 7) is 7.45. The fourth-order valence-corrected chi connectivity index (χ4v) is 4.75. The van der Waals surface area contributed by atoms with E-state index in [9.17, 15) is 24.2 Å². The summed E-state index contributed by atoms with van der Waals surface area (Å²) >= 11 is 0. The van der Waals surface area contributed by atoms with Crippen LogP contribution in [-0.4, -0.2) is 49.4 Å². The summed E-state index contributed by atoms with van der Waals surface area (Å²) in [5.74, 6) is -0.114. The number of rotatable bonds is 12. The van der Waals surface area contributed by atoms with Gasteiger partial charge in [-0.15, -0.1) is 0 Å². The average molecular weight is 481 g/mol. The minimum atomic E-state index is -0.950. The zero-order valence-corrected chi connectivity index (χ0v) is 20.2. The fourth-order valence-electron chi connectivity index (χ4n) is 3.72. The number of nitro groups is 1. The van der Waals surface area contributed by atoms with Gasteiger partial charge in [0, 0.05) is 40.4 Å². The second-order valence-electron chi connectivity index (χ2n) is 8.08. The molecule has 1 aromatic rings. The van der Waals surface area contributed by atoms with Gasteiger partial charge in [0.15, 0.2) is 6.61 Å². The molecule has 33 heavy (non-hydrogen) atoms. The highest BCUT2D eigenvalue weighted by atomic mass is 32.2. The standard InChI is InChI=1S/C23H32N2O7S/c1-5-20(23-21(26)12-17(13-22(23)27)11-16(4)33(30)6-2)24-31-14-15(3)32-19-9-7-18(8-10-19)25(28)29/h7-10,12,15-17,23,26H,5-6,11,13-14H2,1-4H3. The lowest BCUT2D eigenvalue weighted by Gasteiger charge is -2.26. The lowest BCUT2D eigenvalue weighted by atomic mass is 9.81. The van der Waals surface area contributed by atoms with Crippen molar-refractivity contribution in [1.29, 1.82) is 0 Å². The number of oxime groups is 1. The van der Waals surface area contributed by atoms with E-state index in [2.05, 4.69) is 5.16 Å². The third-order valence-electron chi connectivity index (χ3n) is 5.43. The molecule has 5 unspecified atom stereocenters. The molecule has 0 fully saturated rings. The molecule has 9 nitrogen and oxygen atoms in total. The number of allylic oxidation sites excluding steroid dienone is 2. The number of ketones is 1. The van der Waals surface area contributed by atoms with Crippen LogP contribution in [0.3, 0.4) is 0 Å². The van der Waals surface area contributed by atoms with E-state index >= 15 is 0 Å². The van der Waals surface area contributed by atoms with Gasteiger partial charge in [0.1, 0.15) is 29.3 Å². The van der Waals surface area contributed by atoms with Crippen LogP contribution in [0.5, 0.6) is 5.75 Å². The van der Waals surface area contributed by atoms with Crippen molar-refractivity contribution in [2.45, 2.75) is 58.3 Å². The van der Waals surface area contributed by atoms with Crippen molar-refractivity contribution in [1.82, 2.24) is 0 Å². The maximum absolute atomic E-state index is 12.8. The van der Waals surface area contributed by atoms with Gasteiger partial charge in [0.2, 0.25) is 0 Å². The van der Waals surface area contributed by atoms with E-state index in [1.807, 2.05) is 20.8 Å². The van der Waals surface area contributed by atoms with E-state index in [1.54, 1.807) is 13.0 Å². The molecular weight excluding hydrogens is 448 g/mol. The molecule has 0 heterocycles. The normalized spacial score (nSPS) is 21.6. The SMILES string of the molecule is CCC(=NOCC(C)Oc1ccc([N+](=O)[O-])cc1)C1C(=O)CC(CC(C)S(=O)CC)C=C1O. The van der Waals surface area contributed by atoms with Crippen molar-refractivity contribution < 1.29 is 28.6 Å². The summed E-state index contributed by atoms with van der Waals surface area (Å²) in [6.07, 6.45) is 2.55. The zero-order chi connectivity index (χ0) is 24.5. The van der Waals surface area contributed by atoms with Gasteiger partial charge in [0.25, 0.3) is 5.69 Å². The Morgan fingerprint density at radius 3 is 2.52 bits per heavy atom. The lowest BCUT2D eigenvalue weighted by molar-refractivity contribution is -0.384. The second kappa shape index (κ2) is 12.5. The zero-order valence-electron chi connectivity index (χ0n) is 19.4. The van der Waals surface area contributed by atoms with Gasteiger partial charge >= 0.3 is 0 Å². The molecule has 1 N–H and O–H groups in total. The van der Waals surface area contributed by atoms with Gasteiger partial charge < -0.3 is 14.7 Å². The average Bonchev–Trinajstić information content (AvgIpc) is 2.77. The van der Waals surface area contributed by atoms with Gasteiger partial charge in [-0.25, -0.2) is 0 Å². The minimum Gasteiger partial charge on any atom is -0.511 e. The Kier molecular flexibility index (Phi) is 10.0. The van der Waals surface area contributed by atoms with Crippen LogP contribution in [-0.2, 0) is 20.4 Å². The first kappa shape index (κ1) is 26.5. The molecule has 2 rings (SSSR count). The topological polar surface area (TPSA) is 128 Å². The van der Waals surface area contributed by atoms with Crippen LogP contribution in [0.4, 0.5) is 5.69 Å². The molecule has 1 aliphatic rings. The first-order chi connectivity index (χ1) is 15.7. The summed E-state index contributed by atoms with van der Waals surface area (Å²) in [6, 6.07) is 5.72. The second-order valence-corrected chi connectivity index (χ2v) is 10.2. The molecule has 182 valence electrons. The maximum Gasteiger partial charge on any atom is 0.269 e. The summed E-state index contributed by atoms with van der Waals surface area (Å²) in [5, 5.41) is 25.3. The number of nitrogens with zero attached hydrogens (tertiary/aromatic N) is 2. The van der Waals surface area contributed by atoms with E-state index in [1.165, 1.54) is 24.3 Å². The molecule has 10 heteroatoms. The molecule has 0 bridgehead atoms. The van der Waals surface area contributed by atoms with E-state index in [4.69, 9.17) is 9.57 Å². The minimum absolute atomic E-state index is 0.0243. The Morgan fingerprint density at radius 1 is 1.30 bits per heavy atom. The van der Waals surface area contributed by atoms with Gasteiger partial charge in [-0.3, -0.25) is 19.1 Å². The Labute approximate surface area is 196 Å². The molecule has 0 spiro atoms. The molecule has 0 amide bonds. The number of nitro benzene ring substituents is 1. The molecule has 0 saturated carbocycles. The predicted octanol–water partition coefficient (Wildman–Crippen LogP) is 4.34. The summed E-state index contributed by atoms with van der Waals surface area (Å²) in [5.41, 5.74) is 0.406. The molecule has 0 aliphatic heterocycles. The maximum atomic E-state index is 12.8. The van der Waals surface area contributed by atoms with Crippen LogP contribution < -0.4 is 4.74 Å². The van der Waals surface area contributed by atoms with E-state index in [0.717, 1.165) is 0 Å². The number of hydrogen-bond donors (Lipinski definition) is 1. The number of carbonyl (C=O) groups excluding carboxylic acids is 1. The molecule has 1 aliphatic carbocycles. The number of Topliss-reactive ketones (excluding diaryl/α,β-unsaturated/α-hetero) is 1. The number of ether oxygens (including phenoxy) is 1. The summed E-state index contributed by atoms with van der Waals surface area (Å²) < 4.78 is 17.6. The van der Waals surface area contributed by atoms with Gasteiger partial charge in [-0.05, 0) is 43.9 Å². The van der Waals surface area contributed by atoms with Crippen molar-refractivity contribution in [3.05, 3.63) is 46.2 Å². The third-order valence-corrected chi connectivity index (χ3v) is 7.09. The fraction of sp³-hybridized carbons (Fsp3) is 0.565. The molecule has 1 aromatic carbocycles. The monoisotopic (exact) mass is 480 g/mol. The van der Waals surface area contributed by atoms with E-state index in [-0.39, 0.29) is 41.4 Å². The summed E-state index contributed by atoms with van der Waals surface area (Å²) in [4.78, 5) is 28.4. The molecule has 0 saturated heterocycles. The number of hydrogen-bond acceptors (Lipinski definition) is 8. The van der Waals surface area contributed by atoms with Crippen LogP contribution in [0, 0.1) is 22.0 Å². The van der Waals surface area contributed by atoms with Gasteiger partial charge in [0.05, 0.1) is 10.6 Å². The Balaban J connectivity index is 1.96. The number of aliphatic hydroxyl groups excluding tert-OH is 1. The molecule has 5 atom stereocenters. The van der Waals surface area contributed by atoms with E-state index < -0.39 is 27.7 Å². The number of carbonyl (C=O) groups is 1. The third kappa shape index (κ3) is 7.66. The molecular formula is C23H32N2O7S. The van der Waals surface area contributed by atoms with E-state index in [0.29, 0.717) is 30.1 Å². The van der Waals surface area contributed by atoms with Crippen LogP contribution in [0.1, 0.15) is 47.0 Å².